The summed E-state index contributed by atoms with van der Waals surface area (Å²) in [5.41, 5.74) is 0. The second-order valence-electron chi connectivity index (χ2n) is 5.05. The van der Waals surface area contributed by atoms with Gasteiger partial charge in [-0.25, -0.2) is 0 Å². The Morgan fingerprint density at radius 1 is 1.17 bits per heavy atom. The van der Waals surface area contributed by atoms with Crippen molar-refractivity contribution in [2.75, 3.05) is 38.6 Å². The van der Waals surface area contributed by atoms with Gasteiger partial charge in [-0.1, -0.05) is 27.7 Å². The highest BCUT2D eigenvalue weighted by atomic mass is 35.5. The van der Waals surface area contributed by atoms with Crippen molar-refractivity contribution >= 4 is 17.5 Å². The highest BCUT2D eigenvalue weighted by Crippen LogP contribution is 2.05. The highest BCUT2D eigenvalue weighted by molar-refractivity contribution is 6.17. The van der Waals surface area contributed by atoms with E-state index in [2.05, 4.69) is 32.6 Å². The predicted molar refractivity (Wildman–Crippen MR) is 79.2 cm³/mol. The number of rotatable bonds is 10. The number of halogens is 1. The minimum absolute atomic E-state index is 0.247. The standard InChI is InChI=1S/C14H29ClN2O/c1-5-16(6-2)10-11-17(12-13(3)4)14(18)8-7-9-15/h13H,5-12H2,1-4H3. The van der Waals surface area contributed by atoms with Crippen molar-refractivity contribution in [3.8, 4) is 0 Å². The molecule has 0 aliphatic rings. The third-order valence-electron chi connectivity index (χ3n) is 3.04. The van der Waals surface area contributed by atoms with Crippen LogP contribution in [0.1, 0.15) is 40.5 Å². The second-order valence-corrected chi connectivity index (χ2v) is 5.43. The average Bonchev–Trinajstić information content (AvgIpc) is 2.35. The number of carbonyl (C=O) groups excluding carboxylic acids is 1. The Hall–Kier alpha value is -0.280. The summed E-state index contributed by atoms with van der Waals surface area (Å²) in [6.45, 7) is 13.4. The largest absolute Gasteiger partial charge is 0.341 e. The zero-order valence-corrected chi connectivity index (χ0v) is 13.2. The van der Waals surface area contributed by atoms with E-state index >= 15 is 0 Å². The molecule has 0 bridgehead atoms. The number of hydrogen-bond acceptors (Lipinski definition) is 2. The van der Waals surface area contributed by atoms with E-state index in [1.54, 1.807) is 0 Å². The van der Waals surface area contributed by atoms with Crippen molar-refractivity contribution in [3.63, 3.8) is 0 Å². The van der Waals surface area contributed by atoms with Crippen molar-refractivity contribution in [2.24, 2.45) is 5.92 Å². The Kier molecular flexibility index (Phi) is 10.5. The van der Waals surface area contributed by atoms with Crippen LogP contribution in [0.4, 0.5) is 0 Å². The monoisotopic (exact) mass is 276 g/mol. The van der Waals surface area contributed by atoms with Crippen molar-refractivity contribution in [3.05, 3.63) is 0 Å². The van der Waals surface area contributed by atoms with E-state index in [9.17, 15) is 4.79 Å². The van der Waals surface area contributed by atoms with Crippen LogP contribution in [-0.4, -0.2) is 54.3 Å². The lowest BCUT2D eigenvalue weighted by Crippen LogP contribution is -2.40. The Morgan fingerprint density at radius 2 is 1.78 bits per heavy atom. The van der Waals surface area contributed by atoms with Crippen molar-refractivity contribution in [1.29, 1.82) is 0 Å². The van der Waals surface area contributed by atoms with Gasteiger partial charge in [0.15, 0.2) is 0 Å². The molecular weight excluding hydrogens is 248 g/mol. The van der Waals surface area contributed by atoms with Crippen LogP contribution < -0.4 is 0 Å². The maximum absolute atomic E-state index is 12.1. The lowest BCUT2D eigenvalue weighted by molar-refractivity contribution is -0.132. The molecule has 4 heteroatoms. The molecule has 0 heterocycles. The normalized spacial score (nSPS) is 11.3. The van der Waals surface area contributed by atoms with E-state index in [-0.39, 0.29) is 5.91 Å². The molecule has 0 aromatic heterocycles. The van der Waals surface area contributed by atoms with Crippen molar-refractivity contribution < 1.29 is 4.79 Å². The second kappa shape index (κ2) is 10.6. The molecule has 0 aliphatic heterocycles. The van der Waals surface area contributed by atoms with Gasteiger partial charge in [-0.15, -0.1) is 11.6 Å². The van der Waals surface area contributed by atoms with E-state index < -0.39 is 0 Å². The smallest absolute Gasteiger partial charge is 0.222 e. The van der Waals surface area contributed by atoms with E-state index in [1.165, 1.54) is 0 Å². The lowest BCUT2D eigenvalue weighted by Gasteiger charge is -2.28. The van der Waals surface area contributed by atoms with Gasteiger partial charge >= 0.3 is 0 Å². The van der Waals surface area contributed by atoms with Gasteiger partial charge in [0, 0.05) is 31.9 Å². The predicted octanol–water partition coefficient (Wildman–Crippen LogP) is 2.83. The maximum atomic E-state index is 12.1. The summed E-state index contributed by atoms with van der Waals surface area (Å²) in [4.78, 5) is 16.4. The first-order chi connectivity index (χ1) is 8.54. The van der Waals surface area contributed by atoms with Crippen molar-refractivity contribution in [2.45, 2.75) is 40.5 Å². The Morgan fingerprint density at radius 3 is 2.22 bits per heavy atom. The molecule has 0 aliphatic carbocycles. The Balaban J connectivity index is 4.25. The van der Waals surface area contributed by atoms with Gasteiger partial charge in [-0.2, -0.15) is 0 Å². The molecule has 0 aromatic rings. The lowest BCUT2D eigenvalue weighted by atomic mass is 10.2. The van der Waals surface area contributed by atoms with Crippen LogP contribution in [0.15, 0.2) is 0 Å². The van der Waals surface area contributed by atoms with E-state index in [0.29, 0.717) is 18.2 Å². The molecule has 0 saturated heterocycles. The average molecular weight is 277 g/mol. The first-order valence-corrected chi connectivity index (χ1v) is 7.64. The molecule has 0 atom stereocenters. The van der Waals surface area contributed by atoms with Crippen LogP contribution in [0.25, 0.3) is 0 Å². The fraction of sp³-hybridized carbons (Fsp3) is 0.929. The number of nitrogens with zero attached hydrogens (tertiary/aromatic N) is 2. The molecule has 0 spiro atoms. The van der Waals surface area contributed by atoms with E-state index in [1.807, 2.05) is 4.90 Å². The first kappa shape index (κ1) is 17.7. The fourth-order valence-electron chi connectivity index (χ4n) is 1.94. The molecule has 108 valence electrons. The minimum Gasteiger partial charge on any atom is -0.341 e. The maximum Gasteiger partial charge on any atom is 0.222 e. The number of hydrogen-bond donors (Lipinski definition) is 0. The van der Waals surface area contributed by atoms with Crippen LogP contribution in [0, 0.1) is 5.92 Å². The zero-order chi connectivity index (χ0) is 14.0. The number of carbonyl (C=O) groups is 1. The third kappa shape index (κ3) is 7.93. The Labute approximate surface area is 117 Å². The molecule has 3 nitrogen and oxygen atoms in total. The molecule has 0 fully saturated rings. The summed E-state index contributed by atoms with van der Waals surface area (Å²) in [6, 6.07) is 0. The molecule has 0 unspecified atom stereocenters. The SMILES string of the molecule is CCN(CC)CCN(CC(C)C)C(=O)CCCCl. The summed E-state index contributed by atoms with van der Waals surface area (Å²) in [5, 5.41) is 0. The summed E-state index contributed by atoms with van der Waals surface area (Å²) in [5.74, 6) is 1.33. The van der Waals surface area contributed by atoms with Gasteiger partial charge in [-0.3, -0.25) is 4.79 Å². The van der Waals surface area contributed by atoms with E-state index in [0.717, 1.165) is 39.1 Å². The fourth-order valence-corrected chi connectivity index (χ4v) is 2.07. The highest BCUT2D eigenvalue weighted by Gasteiger charge is 2.15. The summed E-state index contributed by atoms with van der Waals surface area (Å²) in [6.07, 6.45) is 1.36. The van der Waals surface area contributed by atoms with Gasteiger partial charge in [-0.05, 0) is 25.4 Å². The zero-order valence-electron chi connectivity index (χ0n) is 12.4. The molecule has 1 amide bonds. The first-order valence-electron chi connectivity index (χ1n) is 7.11. The molecule has 0 saturated carbocycles. The van der Waals surface area contributed by atoms with Gasteiger partial charge in [0.1, 0.15) is 0 Å². The molecule has 0 N–H and O–H groups in total. The molecule has 0 radical (unpaired) electrons. The molecule has 0 aromatic carbocycles. The van der Waals surface area contributed by atoms with Crippen LogP contribution >= 0.6 is 11.6 Å². The third-order valence-corrected chi connectivity index (χ3v) is 3.31. The van der Waals surface area contributed by atoms with Gasteiger partial charge in [0.2, 0.25) is 5.91 Å². The van der Waals surface area contributed by atoms with E-state index in [4.69, 9.17) is 11.6 Å². The van der Waals surface area contributed by atoms with Crippen molar-refractivity contribution in [1.82, 2.24) is 9.80 Å². The van der Waals surface area contributed by atoms with Crippen LogP contribution in [0.3, 0.4) is 0 Å². The number of alkyl halides is 1. The van der Waals surface area contributed by atoms with Gasteiger partial charge in [0.25, 0.3) is 0 Å². The quantitative estimate of drug-likeness (QED) is 0.573. The van der Waals surface area contributed by atoms with Gasteiger partial charge < -0.3 is 9.80 Å². The molecular formula is C14H29ClN2O. The van der Waals surface area contributed by atoms with Gasteiger partial charge in [0.05, 0.1) is 0 Å². The summed E-state index contributed by atoms with van der Waals surface area (Å²) < 4.78 is 0. The summed E-state index contributed by atoms with van der Waals surface area (Å²) in [7, 11) is 0. The van der Waals surface area contributed by atoms with Crippen LogP contribution in [-0.2, 0) is 4.79 Å². The molecule has 0 rings (SSSR count). The summed E-state index contributed by atoms with van der Waals surface area (Å²) >= 11 is 5.65. The Bertz CT molecular complexity index is 218. The minimum atomic E-state index is 0.247. The topological polar surface area (TPSA) is 23.6 Å². The molecule has 18 heavy (non-hydrogen) atoms. The number of amides is 1. The van der Waals surface area contributed by atoms with Crippen LogP contribution in [0.5, 0.6) is 0 Å². The van der Waals surface area contributed by atoms with Crippen LogP contribution in [0.2, 0.25) is 0 Å². The number of likely N-dealkylation sites (N-methyl/N-ethyl adjacent to an activating group) is 1.